The Bertz CT molecular complexity index is 526. The van der Waals surface area contributed by atoms with Gasteiger partial charge in [-0.05, 0) is 33.2 Å². The zero-order chi connectivity index (χ0) is 15.0. The molecule has 1 amide bonds. The standard InChI is InChI=1S/C15H25N5O/c1-3-20-14(13(16)8-17-20)15(21)19-10-12-6-4-5-7-18(12)9-11(19)2/h8,11-12H,3-7,9-10,16H2,1-2H3. The number of fused-ring (bicyclic) bond motifs is 1. The molecule has 0 aromatic carbocycles. The van der Waals surface area contributed by atoms with Gasteiger partial charge in [-0.25, -0.2) is 0 Å². The third-order valence-corrected chi connectivity index (χ3v) is 4.82. The highest BCUT2D eigenvalue weighted by Gasteiger charge is 2.36. The van der Waals surface area contributed by atoms with Crippen LogP contribution in [0.25, 0.3) is 0 Å². The molecule has 21 heavy (non-hydrogen) atoms. The number of piperazine rings is 1. The first-order chi connectivity index (χ1) is 10.1. The third kappa shape index (κ3) is 2.52. The number of anilines is 1. The summed E-state index contributed by atoms with van der Waals surface area (Å²) in [6.45, 7) is 7.73. The van der Waals surface area contributed by atoms with Crippen LogP contribution in [0, 0.1) is 0 Å². The van der Waals surface area contributed by atoms with Crippen molar-refractivity contribution in [3.8, 4) is 0 Å². The Morgan fingerprint density at radius 3 is 3.00 bits per heavy atom. The van der Waals surface area contributed by atoms with E-state index in [1.807, 2.05) is 11.8 Å². The Labute approximate surface area is 125 Å². The summed E-state index contributed by atoms with van der Waals surface area (Å²) in [6, 6.07) is 0.740. The molecule has 1 aromatic heterocycles. The van der Waals surface area contributed by atoms with Crippen LogP contribution in [0.15, 0.2) is 6.20 Å². The summed E-state index contributed by atoms with van der Waals surface area (Å²) in [6.07, 6.45) is 5.33. The van der Waals surface area contributed by atoms with Gasteiger partial charge in [-0.2, -0.15) is 5.10 Å². The number of nitrogens with two attached hydrogens (primary N) is 1. The van der Waals surface area contributed by atoms with Crippen molar-refractivity contribution in [2.45, 2.75) is 51.7 Å². The number of amides is 1. The van der Waals surface area contributed by atoms with Gasteiger partial charge in [-0.3, -0.25) is 14.4 Å². The Morgan fingerprint density at radius 2 is 2.24 bits per heavy atom. The zero-order valence-corrected chi connectivity index (χ0v) is 13.0. The van der Waals surface area contributed by atoms with E-state index in [1.54, 1.807) is 10.9 Å². The second-order valence-electron chi connectivity index (χ2n) is 6.22. The molecule has 1 aromatic rings. The number of carbonyl (C=O) groups excluding carboxylic acids is 1. The molecular formula is C15H25N5O. The van der Waals surface area contributed by atoms with E-state index in [4.69, 9.17) is 5.73 Å². The lowest BCUT2D eigenvalue weighted by atomic mass is 9.97. The summed E-state index contributed by atoms with van der Waals surface area (Å²) in [5, 5.41) is 4.19. The quantitative estimate of drug-likeness (QED) is 0.888. The third-order valence-electron chi connectivity index (χ3n) is 4.82. The largest absolute Gasteiger partial charge is 0.396 e. The Kier molecular flexibility index (Phi) is 3.89. The Morgan fingerprint density at radius 1 is 1.43 bits per heavy atom. The average molecular weight is 291 g/mol. The number of carbonyl (C=O) groups is 1. The Hall–Kier alpha value is -1.56. The van der Waals surface area contributed by atoms with Crippen LogP contribution in [-0.2, 0) is 6.54 Å². The summed E-state index contributed by atoms with van der Waals surface area (Å²) in [5.74, 6) is 0.0320. The fourth-order valence-electron chi connectivity index (χ4n) is 3.64. The van der Waals surface area contributed by atoms with Crippen molar-refractivity contribution >= 4 is 11.6 Å². The predicted molar refractivity (Wildman–Crippen MR) is 82.0 cm³/mol. The van der Waals surface area contributed by atoms with Gasteiger partial charge in [0.05, 0.1) is 11.9 Å². The van der Waals surface area contributed by atoms with Gasteiger partial charge in [0, 0.05) is 31.7 Å². The molecule has 2 unspecified atom stereocenters. The molecule has 0 aliphatic carbocycles. The molecule has 2 aliphatic rings. The fraction of sp³-hybridized carbons (Fsp3) is 0.733. The molecule has 2 aliphatic heterocycles. The fourth-order valence-corrected chi connectivity index (χ4v) is 3.64. The van der Waals surface area contributed by atoms with Crippen molar-refractivity contribution in [2.24, 2.45) is 0 Å². The van der Waals surface area contributed by atoms with Gasteiger partial charge >= 0.3 is 0 Å². The van der Waals surface area contributed by atoms with Gasteiger partial charge in [0.15, 0.2) is 0 Å². The van der Waals surface area contributed by atoms with Crippen LogP contribution < -0.4 is 5.73 Å². The van der Waals surface area contributed by atoms with Crippen molar-refractivity contribution in [1.29, 1.82) is 0 Å². The highest BCUT2D eigenvalue weighted by atomic mass is 16.2. The number of aromatic nitrogens is 2. The van der Waals surface area contributed by atoms with E-state index in [9.17, 15) is 4.79 Å². The maximum atomic E-state index is 12.9. The lowest BCUT2D eigenvalue weighted by Gasteiger charge is -2.47. The predicted octanol–water partition coefficient (Wildman–Crippen LogP) is 1.18. The van der Waals surface area contributed by atoms with Crippen LogP contribution in [0.5, 0.6) is 0 Å². The first kappa shape index (κ1) is 14.4. The van der Waals surface area contributed by atoms with Crippen LogP contribution in [0.3, 0.4) is 0 Å². The molecule has 3 rings (SSSR count). The van der Waals surface area contributed by atoms with Crippen molar-refractivity contribution in [3.63, 3.8) is 0 Å². The minimum absolute atomic E-state index is 0.0320. The summed E-state index contributed by atoms with van der Waals surface area (Å²) < 4.78 is 1.71. The molecule has 2 N–H and O–H groups in total. The van der Waals surface area contributed by atoms with Gasteiger partial charge in [0.25, 0.3) is 5.91 Å². The molecule has 3 heterocycles. The van der Waals surface area contributed by atoms with E-state index in [1.165, 1.54) is 25.8 Å². The number of hydrogen-bond donors (Lipinski definition) is 1. The molecule has 6 nitrogen and oxygen atoms in total. The van der Waals surface area contributed by atoms with E-state index in [-0.39, 0.29) is 11.9 Å². The lowest BCUT2D eigenvalue weighted by Crippen LogP contribution is -2.60. The summed E-state index contributed by atoms with van der Waals surface area (Å²) in [4.78, 5) is 17.4. The second-order valence-corrected chi connectivity index (χ2v) is 6.22. The van der Waals surface area contributed by atoms with Crippen LogP contribution in [0.2, 0.25) is 0 Å². The number of rotatable bonds is 2. The molecule has 2 atom stereocenters. The van der Waals surface area contributed by atoms with E-state index in [0.29, 0.717) is 24.0 Å². The van der Waals surface area contributed by atoms with Crippen LogP contribution in [0.4, 0.5) is 5.69 Å². The molecule has 6 heteroatoms. The number of aryl methyl sites for hydroxylation is 1. The van der Waals surface area contributed by atoms with Gasteiger partial charge in [-0.1, -0.05) is 6.42 Å². The smallest absolute Gasteiger partial charge is 0.274 e. The Balaban J connectivity index is 1.82. The first-order valence-corrected chi connectivity index (χ1v) is 7.98. The summed E-state index contributed by atoms with van der Waals surface area (Å²) in [7, 11) is 0. The van der Waals surface area contributed by atoms with Gasteiger partial charge < -0.3 is 10.6 Å². The summed E-state index contributed by atoms with van der Waals surface area (Å²) >= 11 is 0. The lowest BCUT2D eigenvalue weighted by molar-refractivity contribution is 0.0145. The van der Waals surface area contributed by atoms with Crippen LogP contribution >= 0.6 is 0 Å². The molecule has 0 spiro atoms. The van der Waals surface area contributed by atoms with E-state index < -0.39 is 0 Å². The van der Waals surface area contributed by atoms with Crippen LogP contribution in [-0.4, -0.2) is 57.2 Å². The molecule has 2 fully saturated rings. The number of nitrogens with zero attached hydrogens (tertiary/aromatic N) is 4. The minimum Gasteiger partial charge on any atom is -0.396 e. The highest BCUT2D eigenvalue weighted by molar-refractivity contribution is 5.97. The number of piperidine rings is 1. The minimum atomic E-state index is 0.0320. The van der Waals surface area contributed by atoms with Crippen molar-refractivity contribution in [2.75, 3.05) is 25.4 Å². The zero-order valence-electron chi connectivity index (χ0n) is 13.0. The number of nitrogen functional groups attached to an aromatic ring is 1. The van der Waals surface area contributed by atoms with Crippen molar-refractivity contribution in [1.82, 2.24) is 19.6 Å². The molecule has 0 saturated carbocycles. The SMILES string of the molecule is CCn1ncc(N)c1C(=O)N1CC2CCCCN2CC1C. The maximum absolute atomic E-state index is 12.9. The highest BCUT2D eigenvalue weighted by Crippen LogP contribution is 2.26. The van der Waals surface area contributed by atoms with E-state index in [0.717, 1.165) is 13.1 Å². The average Bonchev–Trinajstić information content (AvgIpc) is 2.86. The van der Waals surface area contributed by atoms with E-state index >= 15 is 0 Å². The normalized spacial score (nSPS) is 26.7. The van der Waals surface area contributed by atoms with Gasteiger partial charge in [0.2, 0.25) is 0 Å². The molecule has 2 saturated heterocycles. The summed E-state index contributed by atoms with van der Waals surface area (Å²) in [5.41, 5.74) is 7.00. The molecule has 0 bridgehead atoms. The van der Waals surface area contributed by atoms with Gasteiger partial charge in [-0.15, -0.1) is 0 Å². The van der Waals surface area contributed by atoms with Gasteiger partial charge in [0.1, 0.15) is 5.69 Å². The maximum Gasteiger partial charge on any atom is 0.274 e. The monoisotopic (exact) mass is 291 g/mol. The van der Waals surface area contributed by atoms with Crippen LogP contribution in [0.1, 0.15) is 43.6 Å². The topological polar surface area (TPSA) is 67.4 Å². The second kappa shape index (κ2) is 5.67. The number of hydrogen-bond acceptors (Lipinski definition) is 4. The molecular weight excluding hydrogens is 266 g/mol. The first-order valence-electron chi connectivity index (χ1n) is 7.98. The van der Waals surface area contributed by atoms with E-state index in [2.05, 4.69) is 16.9 Å². The van der Waals surface area contributed by atoms with Crippen molar-refractivity contribution in [3.05, 3.63) is 11.9 Å². The molecule has 116 valence electrons. The molecule has 0 radical (unpaired) electrons. The van der Waals surface area contributed by atoms with Crippen molar-refractivity contribution < 1.29 is 4.79 Å².